The van der Waals surface area contributed by atoms with Crippen LogP contribution in [0.25, 0.3) is 0 Å². The molecule has 1 aliphatic rings. The molecule has 0 saturated carbocycles. The van der Waals surface area contributed by atoms with Crippen molar-refractivity contribution in [1.29, 1.82) is 0 Å². The topological polar surface area (TPSA) is 77.4 Å². The number of fused-ring (bicyclic) bond motifs is 1. The fraction of sp³-hybridized carbons (Fsp3) is 0.429. The molecule has 0 spiro atoms. The second kappa shape index (κ2) is 8.50. The van der Waals surface area contributed by atoms with Crippen molar-refractivity contribution >= 4 is 0 Å². The quantitative estimate of drug-likeness (QED) is 0.740. The SMILES string of the molecule is COc1ccc([C@H]2Oc3c(OC)ccc(CCCO)c3[C@@H]2CO)cc1OC. The third-order valence-electron chi connectivity index (χ3n) is 4.99. The molecule has 1 heterocycles. The van der Waals surface area contributed by atoms with Crippen LogP contribution in [0.1, 0.15) is 35.1 Å². The zero-order valence-electron chi connectivity index (χ0n) is 15.9. The molecule has 6 heteroatoms. The number of aliphatic hydroxyl groups excluding tert-OH is 2. The van der Waals surface area contributed by atoms with Crippen LogP contribution in [0.3, 0.4) is 0 Å². The van der Waals surface area contributed by atoms with E-state index in [4.69, 9.17) is 18.9 Å². The summed E-state index contributed by atoms with van der Waals surface area (Å²) in [6, 6.07) is 9.48. The molecule has 2 N–H and O–H groups in total. The minimum atomic E-state index is -0.367. The Hall–Kier alpha value is -2.44. The highest BCUT2D eigenvalue weighted by Gasteiger charge is 2.39. The van der Waals surface area contributed by atoms with Gasteiger partial charge in [-0.15, -0.1) is 0 Å². The highest BCUT2D eigenvalue weighted by atomic mass is 16.5. The van der Waals surface area contributed by atoms with Crippen molar-refractivity contribution < 1.29 is 29.2 Å². The van der Waals surface area contributed by atoms with Crippen molar-refractivity contribution in [3.8, 4) is 23.0 Å². The summed E-state index contributed by atoms with van der Waals surface area (Å²) in [4.78, 5) is 0. The molecule has 6 nitrogen and oxygen atoms in total. The van der Waals surface area contributed by atoms with Crippen molar-refractivity contribution in [3.05, 3.63) is 47.0 Å². The Morgan fingerprint density at radius 1 is 0.926 bits per heavy atom. The fourth-order valence-electron chi connectivity index (χ4n) is 3.67. The number of aryl methyl sites for hydroxylation is 1. The maximum absolute atomic E-state index is 10.2. The average Bonchev–Trinajstić information content (AvgIpc) is 3.11. The summed E-state index contributed by atoms with van der Waals surface area (Å²) in [6.07, 6.45) is 0.994. The maximum Gasteiger partial charge on any atom is 0.166 e. The highest BCUT2D eigenvalue weighted by Crippen LogP contribution is 2.52. The van der Waals surface area contributed by atoms with E-state index in [1.807, 2.05) is 30.3 Å². The molecular formula is C21H26O6. The highest BCUT2D eigenvalue weighted by molar-refractivity contribution is 5.57. The molecule has 0 amide bonds. The van der Waals surface area contributed by atoms with E-state index in [1.54, 1.807) is 21.3 Å². The van der Waals surface area contributed by atoms with Crippen LogP contribution >= 0.6 is 0 Å². The van der Waals surface area contributed by atoms with E-state index >= 15 is 0 Å². The lowest BCUT2D eigenvalue weighted by atomic mass is 9.87. The van der Waals surface area contributed by atoms with Crippen LogP contribution < -0.4 is 18.9 Å². The molecule has 0 fully saturated rings. The number of rotatable bonds is 8. The number of ether oxygens (including phenoxy) is 4. The molecule has 0 radical (unpaired) electrons. The molecule has 0 aliphatic carbocycles. The van der Waals surface area contributed by atoms with Crippen LogP contribution in [-0.4, -0.2) is 44.8 Å². The van der Waals surface area contributed by atoms with Gasteiger partial charge in [0.15, 0.2) is 23.0 Å². The van der Waals surface area contributed by atoms with Gasteiger partial charge >= 0.3 is 0 Å². The summed E-state index contributed by atoms with van der Waals surface area (Å²) in [5, 5.41) is 19.4. The fourth-order valence-corrected chi connectivity index (χ4v) is 3.67. The number of hydrogen-bond donors (Lipinski definition) is 2. The average molecular weight is 374 g/mol. The van der Waals surface area contributed by atoms with E-state index in [0.29, 0.717) is 35.8 Å². The summed E-state index contributed by atoms with van der Waals surface area (Å²) in [5.74, 6) is 2.31. The monoisotopic (exact) mass is 374 g/mol. The third kappa shape index (κ3) is 3.55. The first-order chi connectivity index (χ1) is 13.2. The van der Waals surface area contributed by atoms with Crippen LogP contribution in [0.5, 0.6) is 23.0 Å². The van der Waals surface area contributed by atoms with Gasteiger partial charge in [-0.25, -0.2) is 0 Å². The minimum absolute atomic E-state index is 0.0642. The lowest BCUT2D eigenvalue weighted by Gasteiger charge is -2.19. The smallest absolute Gasteiger partial charge is 0.166 e. The van der Waals surface area contributed by atoms with E-state index in [2.05, 4.69) is 0 Å². The molecule has 3 rings (SSSR count). The van der Waals surface area contributed by atoms with Crippen molar-refractivity contribution in [3.63, 3.8) is 0 Å². The van der Waals surface area contributed by atoms with Crippen LogP contribution in [0, 0.1) is 0 Å². The van der Waals surface area contributed by atoms with Crippen LogP contribution in [-0.2, 0) is 6.42 Å². The Labute approximate surface area is 159 Å². The van der Waals surface area contributed by atoms with E-state index in [1.165, 1.54) is 0 Å². The Kier molecular flexibility index (Phi) is 6.08. The molecule has 0 aromatic heterocycles. The van der Waals surface area contributed by atoms with Crippen molar-refractivity contribution in [2.75, 3.05) is 34.5 Å². The second-order valence-electron chi connectivity index (χ2n) is 6.44. The Morgan fingerprint density at radius 2 is 1.63 bits per heavy atom. The van der Waals surface area contributed by atoms with Crippen molar-refractivity contribution in [2.24, 2.45) is 0 Å². The third-order valence-corrected chi connectivity index (χ3v) is 4.99. The Bertz CT molecular complexity index is 788. The van der Waals surface area contributed by atoms with Crippen LogP contribution in [0.15, 0.2) is 30.3 Å². The first kappa shape index (κ1) is 19.3. The Morgan fingerprint density at radius 3 is 2.26 bits per heavy atom. The maximum atomic E-state index is 10.2. The number of methoxy groups -OCH3 is 3. The van der Waals surface area contributed by atoms with E-state index in [-0.39, 0.29) is 25.2 Å². The number of benzene rings is 2. The van der Waals surface area contributed by atoms with Gasteiger partial charge in [0.2, 0.25) is 0 Å². The van der Waals surface area contributed by atoms with E-state index in [0.717, 1.165) is 16.7 Å². The van der Waals surface area contributed by atoms with Gasteiger partial charge in [-0.05, 0) is 42.2 Å². The van der Waals surface area contributed by atoms with Gasteiger partial charge in [-0.3, -0.25) is 0 Å². The molecule has 146 valence electrons. The molecule has 0 bridgehead atoms. The standard InChI is InChI=1S/C21H26O6/c1-24-16-8-7-14(11-18(16)26-3)20-15(12-23)19-13(5-4-10-22)6-9-17(25-2)21(19)27-20/h6-9,11,15,20,22-23H,4-5,10,12H2,1-3H3/t15-,20+/m0/s1. The van der Waals surface area contributed by atoms with Gasteiger partial charge in [-0.2, -0.15) is 0 Å². The minimum Gasteiger partial charge on any atom is -0.493 e. The lowest BCUT2D eigenvalue weighted by Crippen LogP contribution is -2.14. The first-order valence-corrected chi connectivity index (χ1v) is 8.98. The normalized spacial score (nSPS) is 18.0. The van der Waals surface area contributed by atoms with Gasteiger partial charge in [0.25, 0.3) is 0 Å². The molecule has 0 unspecified atom stereocenters. The molecule has 0 saturated heterocycles. The van der Waals surface area contributed by atoms with Gasteiger partial charge in [0, 0.05) is 12.2 Å². The summed E-state index contributed by atoms with van der Waals surface area (Å²) in [7, 11) is 4.78. The summed E-state index contributed by atoms with van der Waals surface area (Å²) in [5.41, 5.74) is 2.89. The van der Waals surface area contributed by atoms with E-state index in [9.17, 15) is 10.2 Å². The molecule has 2 aromatic rings. The summed E-state index contributed by atoms with van der Waals surface area (Å²) >= 11 is 0. The van der Waals surface area contributed by atoms with Gasteiger partial charge in [0.1, 0.15) is 6.10 Å². The van der Waals surface area contributed by atoms with E-state index < -0.39 is 0 Å². The number of aliphatic hydroxyl groups is 2. The zero-order valence-corrected chi connectivity index (χ0v) is 15.9. The van der Waals surface area contributed by atoms with Gasteiger partial charge in [0.05, 0.1) is 33.9 Å². The molecule has 2 atom stereocenters. The molecule has 2 aromatic carbocycles. The summed E-state index contributed by atoms with van der Waals surface area (Å²) < 4.78 is 22.5. The predicted octanol–water partition coefficient (Wildman–Crippen LogP) is 2.85. The Balaban J connectivity index is 2.04. The van der Waals surface area contributed by atoms with Crippen molar-refractivity contribution in [1.82, 2.24) is 0 Å². The second-order valence-corrected chi connectivity index (χ2v) is 6.44. The van der Waals surface area contributed by atoms with Gasteiger partial charge < -0.3 is 29.2 Å². The molecule has 27 heavy (non-hydrogen) atoms. The molecule has 1 aliphatic heterocycles. The largest absolute Gasteiger partial charge is 0.493 e. The predicted molar refractivity (Wildman–Crippen MR) is 101 cm³/mol. The van der Waals surface area contributed by atoms with Gasteiger partial charge in [-0.1, -0.05) is 12.1 Å². The molecular weight excluding hydrogens is 348 g/mol. The first-order valence-electron chi connectivity index (χ1n) is 8.98. The van der Waals surface area contributed by atoms with Crippen molar-refractivity contribution in [2.45, 2.75) is 24.9 Å². The van der Waals surface area contributed by atoms with Crippen LogP contribution in [0.2, 0.25) is 0 Å². The number of hydrogen-bond acceptors (Lipinski definition) is 6. The lowest BCUT2D eigenvalue weighted by molar-refractivity contribution is 0.156. The zero-order chi connectivity index (χ0) is 19.4. The summed E-state index contributed by atoms with van der Waals surface area (Å²) in [6.45, 7) is 0.0515. The van der Waals surface area contributed by atoms with Crippen LogP contribution in [0.4, 0.5) is 0 Å².